The molecule has 29 heavy (non-hydrogen) atoms. The molecule has 3 nitrogen and oxygen atoms in total. The second kappa shape index (κ2) is 9.71. The van der Waals surface area contributed by atoms with Crippen molar-refractivity contribution in [2.24, 2.45) is 5.73 Å². The maximum absolute atomic E-state index is 11.8. The van der Waals surface area contributed by atoms with Crippen LogP contribution in [0, 0.1) is 0 Å². The molecule has 4 aromatic carbocycles. The number of hydrogen-bond acceptors (Lipinski definition) is 2. The van der Waals surface area contributed by atoms with Gasteiger partial charge in [0.15, 0.2) is 5.12 Å². The lowest BCUT2D eigenvalue weighted by atomic mass is 9.94. The summed E-state index contributed by atoms with van der Waals surface area (Å²) in [6, 6.07) is 31.2. The summed E-state index contributed by atoms with van der Waals surface area (Å²) in [4.78, 5) is 22.3. The van der Waals surface area contributed by atoms with Crippen molar-refractivity contribution in [1.29, 1.82) is 0 Å². The summed E-state index contributed by atoms with van der Waals surface area (Å²) < 4.78 is 0. The van der Waals surface area contributed by atoms with Crippen molar-refractivity contribution in [2.45, 2.75) is 6.42 Å². The van der Waals surface area contributed by atoms with Gasteiger partial charge in [0.2, 0.25) is 5.91 Å². The predicted octanol–water partition coefficient (Wildman–Crippen LogP) is 5.29. The molecule has 0 spiro atoms. The molecule has 144 valence electrons. The van der Waals surface area contributed by atoms with Crippen LogP contribution in [-0.4, -0.2) is 11.0 Å². The van der Waals surface area contributed by atoms with Gasteiger partial charge in [0.25, 0.3) is 0 Å². The SMILES string of the molecule is NC(=O)c1c(-c2ccccc2)ccc2ccccc12.O=C(S)Cc1ccccc1. The maximum atomic E-state index is 11.8. The quantitative estimate of drug-likeness (QED) is 0.458. The van der Waals surface area contributed by atoms with E-state index in [9.17, 15) is 9.59 Å². The molecule has 0 bridgehead atoms. The molecule has 0 atom stereocenters. The highest BCUT2D eigenvalue weighted by atomic mass is 32.1. The minimum absolute atomic E-state index is 0.0915. The van der Waals surface area contributed by atoms with Gasteiger partial charge in [-0.25, -0.2) is 0 Å². The molecule has 0 aromatic heterocycles. The first-order chi connectivity index (χ1) is 14.1. The molecule has 1 amide bonds. The third-order valence-electron chi connectivity index (χ3n) is 4.46. The Bertz CT molecular complexity index is 1130. The van der Waals surface area contributed by atoms with Gasteiger partial charge >= 0.3 is 0 Å². The monoisotopic (exact) mass is 399 g/mol. The molecule has 0 fully saturated rings. The average molecular weight is 400 g/mol. The van der Waals surface area contributed by atoms with Gasteiger partial charge in [-0.2, -0.15) is 0 Å². The van der Waals surface area contributed by atoms with Gasteiger partial charge in [-0.15, -0.1) is 12.6 Å². The number of carbonyl (C=O) groups excluding carboxylic acids is 2. The number of fused-ring (bicyclic) bond motifs is 1. The Kier molecular flexibility index (Phi) is 6.82. The van der Waals surface area contributed by atoms with Gasteiger partial charge in [-0.1, -0.05) is 97.1 Å². The van der Waals surface area contributed by atoms with Gasteiger partial charge in [0, 0.05) is 6.42 Å². The van der Waals surface area contributed by atoms with E-state index in [4.69, 9.17) is 5.73 Å². The van der Waals surface area contributed by atoms with Crippen LogP contribution in [0.5, 0.6) is 0 Å². The molecular formula is C25H21NO2S. The van der Waals surface area contributed by atoms with Crippen molar-refractivity contribution in [3.63, 3.8) is 0 Å². The summed E-state index contributed by atoms with van der Waals surface area (Å²) in [6.45, 7) is 0. The maximum Gasteiger partial charge on any atom is 0.249 e. The third kappa shape index (κ3) is 5.33. The third-order valence-corrected chi connectivity index (χ3v) is 4.62. The summed E-state index contributed by atoms with van der Waals surface area (Å²) in [5, 5.41) is 1.83. The fourth-order valence-electron chi connectivity index (χ4n) is 3.17. The molecule has 0 heterocycles. The number of nitrogens with two attached hydrogens (primary N) is 1. The van der Waals surface area contributed by atoms with Gasteiger partial charge in [0.1, 0.15) is 0 Å². The van der Waals surface area contributed by atoms with Gasteiger partial charge in [-0.3, -0.25) is 9.59 Å². The first kappa shape index (κ1) is 20.4. The summed E-state index contributed by atoms with van der Waals surface area (Å²) in [5.41, 5.74) is 9.07. The largest absolute Gasteiger partial charge is 0.366 e. The van der Waals surface area contributed by atoms with Gasteiger partial charge < -0.3 is 5.73 Å². The van der Waals surface area contributed by atoms with Crippen molar-refractivity contribution in [1.82, 2.24) is 0 Å². The molecule has 0 aliphatic carbocycles. The average Bonchev–Trinajstić information content (AvgIpc) is 2.74. The molecule has 4 heteroatoms. The molecule has 0 aliphatic heterocycles. The normalized spacial score (nSPS) is 10.1. The van der Waals surface area contributed by atoms with Crippen LogP contribution >= 0.6 is 12.6 Å². The fraction of sp³-hybridized carbons (Fsp3) is 0.0400. The van der Waals surface area contributed by atoms with Gasteiger partial charge in [-0.05, 0) is 27.5 Å². The van der Waals surface area contributed by atoms with E-state index in [0.29, 0.717) is 12.0 Å². The summed E-state index contributed by atoms with van der Waals surface area (Å²) in [5.74, 6) is -0.393. The standard InChI is InChI=1S/C17H13NO.C8H8OS/c18-17(19)16-14-9-5-4-8-13(14)10-11-15(16)12-6-2-1-3-7-12;9-8(10)6-7-4-2-1-3-5-7/h1-11H,(H2,18,19);1-5H,6H2,(H,9,10). The summed E-state index contributed by atoms with van der Waals surface area (Å²) >= 11 is 3.67. The van der Waals surface area contributed by atoms with Crippen molar-refractivity contribution < 1.29 is 9.59 Å². The lowest BCUT2D eigenvalue weighted by Gasteiger charge is -2.10. The highest BCUT2D eigenvalue weighted by Crippen LogP contribution is 2.29. The second-order valence-electron chi connectivity index (χ2n) is 6.50. The zero-order valence-electron chi connectivity index (χ0n) is 15.8. The van der Waals surface area contributed by atoms with Crippen molar-refractivity contribution >= 4 is 34.4 Å². The number of amides is 1. The van der Waals surface area contributed by atoms with E-state index >= 15 is 0 Å². The molecular weight excluding hydrogens is 378 g/mol. The molecule has 4 rings (SSSR count). The Balaban J connectivity index is 0.000000204. The van der Waals surface area contributed by atoms with E-state index in [0.717, 1.165) is 27.5 Å². The summed E-state index contributed by atoms with van der Waals surface area (Å²) in [6.07, 6.45) is 0.421. The van der Waals surface area contributed by atoms with Crippen LogP contribution in [0.25, 0.3) is 21.9 Å². The molecule has 0 radical (unpaired) electrons. The minimum atomic E-state index is -0.393. The Morgan fingerprint density at radius 1 is 0.724 bits per heavy atom. The number of carbonyl (C=O) groups is 2. The first-order valence-electron chi connectivity index (χ1n) is 9.19. The Morgan fingerprint density at radius 3 is 1.93 bits per heavy atom. The van der Waals surface area contributed by atoms with Crippen LogP contribution in [0.3, 0.4) is 0 Å². The second-order valence-corrected chi connectivity index (χ2v) is 6.99. The number of rotatable bonds is 4. The zero-order chi connectivity index (χ0) is 20.6. The zero-order valence-corrected chi connectivity index (χ0v) is 16.7. The van der Waals surface area contributed by atoms with Crippen LogP contribution in [-0.2, 0) is 11.2 Å². The van der Waals surface area contributed by atoms with E-state index in [1.54, 1.807) is 0 Å². The molecule has 0 saturated heterocycles. The van der Waals surface area contributed by atoms with Gasteiger partial charge in [0.05, 0.1) is 5.56 Å². The molecule has 4 aromatic rings. The van der Waals surface area contributed by atoms with Crippen LogP contribution in [0.2, 0.25) is 0 Å². The fourth-order valence-corrected chi connectivity index (χ4v) is 3.35. The van der Waals surface area contributed by atoms with Crippen LogP contribution < -0.4 is 5.73 Å². The van der Waals surface area contributed by atoms with E-state index in [1.165, 1.54) is 0 Å². The lowest BCUT2D eigenvalue weighted by Crippen LogP contribution is -2.13. The number of hydrogen-bond donors (Lipinski definition) is 2. The number of benzene rings is 4. The highest BCUT2D eigenvalue weighted by molar-refractivity contribution is 7.96. The Morgan fingerprint density at radius 2 is 1.31 bits per heavy atom. The minimum Gasteiger partial charge on any atom is -0.366 e. The molecule has 0 saturated carbocycles. The number of thiol groups is 1. The van der Waals surface area contributed by atoms with Crippen LogP contribution in [0.1, 0.15) is 15.9 Å². The van der Waals surface area contributed by atoms with E-state index < -0.39 is 5.91 Å². The molecule has 0 unspecified atom stereocenters. The van der Waals surface area contributed by atoms with Crippen LogP contribution in [0.15, 0.2) is 97.1 Å². The predicted molar refractivity (Wildman–Crippen MR) is 122 cm³/mol. The smallest absolute Gasteiger partial charge is 0.249 e. The highest BCUT2D eigenvalue weighted by Gasteiger charge is 2.13. The number of primary amides is 1. The molecule has 2 N–H and O–H groups in total. The first-order valence-corrected chi connectivity index (χ1v) is 9.63. The van der Waals surface area contributed by atoms with Crippen molar-refractivity contribution in [3.8, 4) is 11.1 Å². The lowest BCUT2D eigenvalue weighted by molar-refractivity contribution is -0.110. The Labute approximate surface area is 175 Å². The Hall–Kier alpha value is -3.37. The van der Waals surface area contributed by atoms with Crippen molar-refractivity contribution in [2.75, 3.05) is 0 Å². The van der Waals surface area contributed by atoms with Crippen LogP contribution in [0.4, 0.5) is 0 Å². The van der Waals surface area contributed by atoms with Crippen molar-refractivity contribution in [3.05, 3.63) is 108 Å². The van der Waals surface area contributed by atoms with E-state index in [2.05, 4.69) is 12.6 Å². The summed E-state index contributed by atoms with van der Waals surface area (Å²) in [7, 11) is 0. The topological polar surface area (TPSA) is 60.2 Å². The van der Waals surface area contributed by atoms with E-state index in [1.807, 2.05) is 97.1 Å². The molecule has 0 aliphatic rings. The van der Waals surface area contributed by atoms with E-state index in [-0.39, 0.29) is 5.12 Å².